The van der Waals surface area contributed by atoms with E-state index in [9.17, 15) is 0 Å². The van der Waals surface area contributed by atoms with Crippen molar-refractivity contribution in [2.24, 2.45) is 0 Å². The lowest BCUT2D eigenvalue weighted by molar-refractivity contribution is 0.418. The van der Waals surface area contributed by atoms with E-state index in [4.69, 9.17) is 9.47 Å². The molecule has 0 N–H and O–H groups in total. The number of anilines is 6. The highest BCUT2D eigenvalue weighted by Gasteiger charge is 2.35. The highest BCUT2D eigenvalue weighted by Crippen LogP contribution is 2.51. The van der Waals surface area contributed by atoms with Gasteiger partial charge < -0.3 is 19.3 Å². The molecule has 4 nitrogen and oxygen atoms in total. The molecule has 0 amide bonds. The standard InChI is InChI=1S/C78H60N2O2/c1-77(2)69-19-11-13-21-73(69)81-75-49-35-61(51-71(75)77)59-31-45-67(46-32-59)79(63-37-23-55(24-38-63)53-15-7-5-8-16-53)65-41-27-57(28-42-65)58-29-43-66(44-30-58)80(64-39-25-56(26-40-64)54-17-9-6-10-18-54)68-47-33-60(34-48-68)62-36-50-76-72(52-62)78(3,4)70-20-12-14-22-74(70)82-76/h5-52H,1-4H3. The largest absolute Gasteiger partial charge is 0.457 e. The van der Waals surface area contributed by atoms with Crippen LogP contribution in [0.3, 0.4) is 0 Å². The third-order valence-corrected chi connectivity index (χ3v) is 16.8. The molecular formula is C78H60N2O2. The van der Waals surface area contributed by atoms with Crippen LogP contribution in [0.5, 0.6) is 23.0 Å². The number of nitrogens with zero attached hydrogens (tertiary/aromatic N) is 2. The lowest BCUT2D eigenvalue weighted by atomic mass is 9.75. The molecule has 2 heterocycles. The van der Waals surface area contributed by atoms with Crippen molar-refractivity contribution < 1.29 is 9.47 Å². The van der Waals surface area contributed by atoms with Crippen LogP contribution < -0.4 is 19.3 Å². The van der Waals surface area contributed by atoms with E-state index in [-0.39, 0.29) is 10.8 Å². The maximum absolute atomic E-state index is 6.41. The van der Waals surface area contributed by atoms with Gasteiger partial charge in [0.2, 0.25) is 0 Å². The van der Waals surface area contributed by atoms with Crippen molar-refractivity contribution in [2.45, 2.75) is 38.5 Å². The quantitative estimate of drug-likeness (QED) is 0.129. The van der Waals surface area contributed by atoms with E-state index in [0.717, 1.165) is 90.5 Å². The van der Waals surface area contributed by atoms with Gasteiger partial charge in [-0.1, -0.05) is 210 Å². The van der Waals surface area contributed by atoms with Crippen molar-refractivity contribution in [3.63, 3.8) is 0 Å². The molecule has 0 radical (unpaired) electrons. The Morgan fingerprint density at radius 3 is 0.720 bits per heavy atom. The zero-order valence-electron chi connectivity index (χ0n) is 46.4. The Hall–Kier alpha value is -10.2. The Morgan fingerprint density at radius 1 is 0.207 bits per heavy atom. The van der Waals surface area contributed by atoms with Crippen LogP contribution in [0.15, 0.2) is 291 Å². The van der Waals surface area contributed by atoms with Crippen LogP contribution in [0.4, 0.5) is 34.1 Å². The van der Waals surface area contributed by atoms with Crippen molar-refractivity contribution in [2.75, 3.05) is 9.80 Å². The Labute approximate surface area is 481 Å². The Morgan fingerprint density at radius 2 is 0.427 bits per heavy atom. The fourth-order valence-electron chi connectivity index (χ4n) is 12.2. The van der Waals surface area contributed by atoms with E-state index < -0.39 is 0 Å². The topological polar surface area (TPSA) is 24.9 Å². The van der Waals surface area contributed by atoms with Gasteiger partial charge in [0.25, 0.3) is 0 Å². The number of para-hydroxylation sites is 2. The molecule has 14 rings (SSSR count). The zero-order chi connectivity index (χ0) is 55.4. The Kier molecular flexibility index (Phi) is 12.5. The Bertz CT molecular complexity index is 3980. The van der Waals surface area contributed by atoms with Gasteiger partial charge in [-0.05, 0) is 165 Å². The van der Waals surface area contributed by atoms with E-state index in [1.807, 2.05) is 12.1 Å². The van der Waals surface area contributed by atoms with E-state index in [1.165, 1.54) is 44.5 Å². The van der Waals surface area contributed by atoms with Gasteiger partial charge in [-0.15, -0.1) is 0 Å². The number of benzene rings is 12. The van der Waals surface area contributed by atoms with Crippen LogP contribution in [-0.2, 0) is 10.8 Å². The monoisotopic (exact) mass is 1060 g/mol. The molecular weight excluding hydrogens is 997 g/mol. The molecule has 0 saturated heterocycles. The molecule has 0 fully saturated rings. The predicted molar refractivity (Wildman–Crippen MR) is 340 cm³/mol. The zero-order valence-corrected chi connectivity index (χ0v) is 46.4. The molecule has 82 heavy (non-hydrogen) atoms. The van der Waals surface area contributed by atoms with Crippen LogP contribution in [0.2, 0.25) is 0 Å². The number of rotatable bonds is 11. The minimum Gasteiger partial charge on any atom is -0.457 e. The van der Waals surface area contributed by atoms with Gasteiger partial charge in [-0.3, -0.25) is 0 Å². The highest BCUT2D eigenvalue weighted by molar-refractivity contribution is 5.84. The van der Waals surface area contributed by atoms with E-state index >= 15 is 0 Å². The van der Waals surface area contributed by atoms with Gasteiger partial charge >= 0.3 is 0 Å². The van der Waals surface area contributed by atoms with Crippen molar-refractivity contribution in [3.8, 4) is 78.6 Å². The van der Waals surface area contributed by atoms with Crippen molar-refractivity contribution in [3.05, 3.63) is 313 Å². The van der Waals surface area contributed by atoms with Crippen molar-refractivity contribution in [1.82, 2.24) is 0 Å². The lowest BCUT2D eigenvalue weighted by Gasteiger charge is -2.34. The summed E-state index contributed by atoms with van der Waals surface area (Å²) < 4.78 is 12.8. The lowest BCUT2D eigenvalue weighted by Crippen LogP contribution is -2.24. The molecule has 2 aliphatic rings. The van der Waals surface area contributed by atoms with Crippen molar-refractivity contribution in [1.29, 1.82) is 0 Å². The van der Waals surface area contributed by atoms with Gasteiger partial charge in [-0.2, -0.15) is 0 Å². The molecule has 0 bridgehead atoms. The van der Waals surface area contributed by atoms with Gasteiger partial charge in [0.1, 0.15) is 23.0 Å². The first-order valence-electron chi connectivity index (χ1n) is 28.3. The molecule has 0 spiro atoms. The fourth-order valence-corrected chi connectivity index (χ4v) is 12.2. The minimum atomic E-state index is -0.200. The first-order valence-corrected chi connectivity index (χ1v) is 28.3. The first kappa shape index (κ1) is 50.1. The minimum absolute atomic E-state index is 0.200. The van der Waals surface area contributed by atoms with Crippen LogP contribution in [0, 0.1) is 0 Å². The second-order valence-electron chi connectivity index (χ2n) is 22.6. The van der Waals surface area contributed by atoms with Crippen LogP contribution >= 0.6 is 0 Å². The highest BCUT2D eigenvalue weighted by atomic mass is 16.5. The average molecular weight is 1060 g/mol. The second kappa shape index (κ2) is 20.5. The van der Waals surface area contributed by atoms with Crippen molar-refractivity contribution >= 4 is 34.1 Å². The van der Waals surface area contributed by atoms with Crippen LogP contribution in [0.1, 0.15) is 49.9 Å². The maximum atomic E-state index is 6.41. The van der Waals surface area contributed by atoms with Gasteiger partial charge in [0, 0.05) is 67.2 Å². The summed E-state index contributed by atoms with van der Waals surface area (Å²) in [4.78, 5) is 4.69. The van der Waals surface area contributed by atoms with Crippen LogP contribution in [0.25, 0.3) is 55.6 Å². The summed E-state index contributed by atoms with van der Waals surface area (Å²) in [5.41, 5.74) is 22.4. The third kappa shape index (κ3) is 9.18. The van der Waals surface area contributed by atoms with E-state index in [1.54, 1.807) is 0 Å². The molecule has 0 saturated carbocycles. The third-order valence-electron chi connectivity index (χ3n) is 16.8. The smallest absolute Gasteiger partial charge is 0.131 e. The fraction of sp³-hybridized carbons (Fsp3) is 0.0769. The number of fused-ring (bicyclic) bond motifs is 4. The summed E-state index contributed by atoms with van der Waals surface area (Å²) in [7, 11) is 0. The maximum Gasteiger partial charge on any atom is 0.131 e. The summed E-state index contributed by atoms with van der Waals surface area (Å²) in [6.45, 7) is 9.15. The van der Waals surface area contributed by atoms with Gasteiger partial charge in [0.05, 0.1) is 0 Å². The second-order valence-corrected chi connectivity index (χ2v) is 22.6. The summed E-state index contributed by atoms with van der Waals surface area (Å²) in [5.74, 6) is 3.68. The molecule has 12 aromatic carbocycles. The molecule has 394 valence electrons. The SMILES string of the molecule is CC1(C)c2ccccc2Oc2ccc(-c3ccc(N(c4ccc(-c5ccccc5)cc4)c4ccc(-c5ccc(N(c6ccc(-c7ccccc7)cc6)c6ccc(-c7ccc8c(c7)C(C)(C)c7ccccc7O8)cc6)cc5)cc4)cc3)cc21. The van der Waals surface area contributed by atoms with E-state index in [0.29, 0.717) is 0 Å². The van der Waals surface area contributed by atoms with Crippen LogP contribution in [-0.4, -0.2) is 0 Å². The average Bonchev–Trinajstić information content (AvgIpc) is 3.26. The Balaban J connectivity index is 0.767. The summed E-state index contributed by atoms with van der Waals surface area (Å²) in [6.07, 6.45) is 0. The normalized spacial score (nSPS) is 13.3. The number of hydrogen-bond acceptors (Lipinski definition) is 4. The van der Waals surface area contributed by atoms with Gasteiger partial charge in [-0.25, -0.2) is 0 Å². The van der Waals surface area contributed by atoms with E-state index in [2.05, 4.69) is 317 Å². The molecule has 0 aromatic heterocycles. The summed E-state index contributed by atoms with van der Waals surface area (Å²) >= 11 is 0. The number of ether oxygens (including phenoxy) is 2. The predicted octanol–water partition coefficient (Wildman–Crippen LogP) is 21.8. The first-order chi connectivity index (χ1) is 40.1. The molecule has 0 aliphatic carbocycles. The molecule has 0 atom stereocenters. The molecule has 12 aromatic rings. The molecule has 0 unspecified atom stereocenters. The number of hydrogen-bond donors (Lipinski definition) is 0. The summed E-state index contributed by atoms with van der Waals surface area (Å²) in [5, 5.41) is 0. The molecule has 2 aliphatic heterocycles. The molecule has 4 heteroatoms. The summed E-state index contributed by atoms with van der Waals surface area (Å²) in [6, 6.07) is 105. The van der Waals surface area contributed by atoms with Gasteiger partial charge in [0.15, 0.2) is 0 Å².